The van der Waals surface area contributed by atoms with E-state index in [4.69, 9.17) is 4.74 Å². The first kappa shape index (κ1) is 14.4. The van der Waals surface area contributed by atoms with Crippen LogP contribution >= 0.6 is 0 Å². The molecule has 1 aromatic carbocycles. The smallest absolute Gasteiger partial charge is 0.119 e. The van der Waals surface area contributed by atoms with Crippen molar-refractivity contribution in [3.8, 4) is 5.75 Å². The number of aryl methyl sites for hydroxylation is 1. The molecule has 1 saturated carbocycles. The average Bonchev–Trinajstić information content (AvgIpc) is 2.94. The van der Waals surface area contributed by atoms with Gasteiger partial charge < -0.3 is 4.74 Å². The Balaban J connectivity index is 1.55. The van der Waals surface area contributed by atoms with Crippen molar-refractivity contribution in [2.75, 3.05) is 6.61 Å². The summed E-state index contributed by atoms with van der Waals surface area (Å²) >= 11 is 0. The second-order valence-corrected chi connectivity index (χ2v) is 6.18. The van der Waals surface area contributed by atoms with Crippen LogP contribution in [-0.4, -0.2) is 6.61 Å². The van der Waals surface area contributed by atoms with Crippen molar-refractivity contribution in [1.82, 2.24) is 0 Å². The Morgan fingerprint density at radius 3 is 2.47 bits per heavy atom. The van der Waals surface area contributed by atoms with E-state index < -0.39 is 0 Å². The first-order chi connectivity index (χ1) is 9.25. The van der Waals surface area contributed by atoms with Gasteiger partial charge in [-0.25, -0.2) is 0 Å². The summed E-state index contributed by atoms with van der Waals surface area (Å²) in [5, 5.41) is 0. The normalized spacial score (nSPS) is 17.6. The molecule has 1 atom stereocenters. The molecule has 0 aliphatic heterocycles. The highest BCUT2D eigenvalue weighted by Crippen LogP contribution is 2.33. The lowest BCUT2D eigenvalue weighted by Gasteiger charge is -2.18. The first-order valence-corrected chi connectivity index (χ1v) is 7.95. The van der Waals surface area contributed by atoms with E-state index in [9.17, 15) is 0 Å². The molecule has 0 amide bonds. The third-order valence-corrected chi connectivity index (χ3v) is 4.55. The Bertz CT molecular complexity index is 348. The van der Waals surface area contributed by atoms with Gasteiger partial charge in [0.2, 0.25) is 0 Å². The second-order valence-electron chi connectivity index (χ2n) is 6.18. The van der Waals surface area contributed by atoms with Crippen molar-refractivity contribution in [2.24, 2.45) is 11.8 Å². The molecule has 1 heteroatoms. The molecular weight excluding hydrogens is 232 g/mol. The lowest BCUT2D eigenvalue weighted by molar-refractivity contribution is 0.284. The molecule has 0 bridgehead atoms. The van der Waals surface area contributed by atoms with Crippen LogP contribution in [0, 0.1) is 18.8 Å². The molecule has 2 rings (SSSR count). The number of ether oxygens (including phenoxy) is 1. The molecule has 0 N–H and O–H groups in total. The predicted octanol–water partition coefficient (Wildman–Crippen LogP) is 5.37. The van der Waals surface area contributed by atoms with Crippen LogP contribution in [0.25, 0.3) is 0 Å². The van der Waals surface area contributed by atoms with E-state index in [-0.39, 0.29) is 0 Å². The van der Waals surface area contributed by atoms with Crippen molar-refractivity contribution in [1.29, 1.82) is 0 Å². The van der Waals surface area contributed by atoms with Gasteiger partial charge in [-0.15, -0.1) is 0 Å². The van der Waals surface area contributed by atoms with Gasteiger partial charge in [0.1, 0.15) is 5.75 Å². The van der Waals surface area contributed by atoms with Gasteiger partial charge in [0, 0.05) is 0 Å². The maximum atomic E-state index is 5.77. The number of hydrogen-bond acceptors (Lipinski definition) is 1. The van der Waals surface area contributed by atoms with E-state index in [2.05, 4.69) is 38.1 Å². The number of rotatable bonds is 7. The van der Waals surface area contributed by atoms with Crippen LogP contribution in [-0.2, 0) is 0 Å². The summed E-state index contributed by atoms with van der Waals surface area (Å²) in [6.07, 6.45) is 9.75. The topological polar surface area (TPSA) is 9.23 Å². The lowest BCUT2D eigenvalue weighted by Crippen LogP contribution is -2.08. The van der Waals surface area contributed by atoms with Crippen molar-refractivity contribution in [3.05, 3.63) is 29.8 Å². The van der Waals surface area contributed by atoms with Crippen LogP contribution in [0.5, 0.6) is 5.75 Å². The molecule has 19 heavy (non-hydrogen) atoms. The molecule has 1 fully saturated rings. The number of hydrogen-bond donors (Lipinski definition) is 0. The molecule has 0 radical (unpaired) electrons. The standard InChI is InChI=1S/C18H28O/c1-15-10-12-18(13-11-15)19-14-6-5-7-16(2)17-8-3-4-9-17/h10-13,16-17H,3-9,14H2,1-2H3. The lowest BCUT2D eigenvalue weighted by atomic mass is 9.88. The zero-order chi connectivity index (χ0) is 13.5. The Kier molecular flexibility index (Phi) is 5.75. The quantitative estimate of drug-likeness (QED) is 0.599. The van der Waals surface area contributed by atoms with Gasteiger partial charge >= 0.3 is 0 Å². The van der Waals surface area contributed by atoms with Gasteiger partial charge in [0.05, 0.1) is 6.61 Å². The van der Waals surface area contributed by atoms with E-state index in [1.165, 1.54) is 50.5 Å². The van der Waals surface area contributed by atoms with Gasteiger partial charge in [-0.05, 0) is 43.7 Å². The van der Waals surface area contributed by atoms with Crippen LogP contribution in [0.1, 0.15) is 57.4 Å². The Morgan fingerprint density at radius 2 is 1.79 bits per heavy atom. The van der Waals surface area contributed by atoms with Crippen LogP contribution in [0.3, 0.4) is 0 Å². The van der Waals surface area contributed by atoms with Gasteiger partial charge in [0.15, 0.2) is 0 Å². The molecule has 1 aliphatic rings. The maximum absolute atomic E-state index is 5.77. The van der Waals surface area contributed by atoms with Crippen molar-refractivity contribution in [3.63, 3.8) is 0 Å². The van der Waals surface area contributed by atoms with Gasteiger partial charge in [-0.1, -0.05) is 56.7 Å². The van der Waals surface area contributed by atoms with E-state index in [0.717, 1.165) is 24.2 Å². The average molecular weight is 260 g/mol. The minimum absolute atomic E-state index is 0.862. The second kappa shape index (κ2) is 7.57. The highest BCUT2D eigenvalue weighted by molar-refractivity contribution is 5.26. The van der Waals surface area contributed by atoms with Gasteiger partial charge in [0.25, 0.3) is 0 Å². The summed E-state index contributed by atoms with van der Waals surface area (Å²) in [6.45, 7) is 5.41. The minimum atomic E-state index is 0.862. The fourth-order valence-electron chi connectivity index (χ4n) is 3.16. The molecule has 0 saturated heterocycles. The third-order valence-electron chi connectivity index (χ3n) is 4.55. The molecule has 106 valence electrons. The van der Waals surface area contributed by atoms with Crippen molar-refractivity contribution in [2.45, 2.75) is 58.8 Å². The van der Waals surface area contributed by atoms with Crippen LogP contribution in [0.15, 0.2) is 24.3 Å². The predicted molar refractivity (Wildman–Crippen MR) is 81.6 cm³/mol. The monoisotopic (exact) mass is 260 g/mol. The molecule has 0 spiro atoms. The van der Waals surface area contributed by atoms with Crippen molar-refractivity contribution >= 4 is 0 Å². The van der Waals surface area contributed by atoms with Crippen molar-refractivity contribution < 1.29 is 4.74 Å². The number of unbranched alkanes of at least 4 members (excludes halogenated alkanes) is 1. The third kappa shape index (κ3) is 4.89. The van der Waals surface area contributed by atoms with E-state index in [1.807, 2.05) is 0 Å². The van der Waals surface area contributed by atoms with Gasteiger partial charge in [-0.3, -0.25) is 0 Å². The maximum Gasteiger partial charge on any atom is 0.119 e. The SMILES string of the molecule is Cc1ccc(OCCCCC(C)C2CCCC2)cc1. The summed E-state index contributed by atoms with van der Waals surface area (Å²) in [5.41, 5.74) is 1.29. The highest BCUT2D eigenvalue weighted by atomic mass is 16.5. The summed E-state index contributed by atoms with van der Waals surface area (Å²) in [5.74, 6) is 2.94. The van der Waals surface area contributed by atoms with E-state index in [0.29, 0.717) is 0 Å². The van der Waals surface area contributed by atoms with Crippen LogP contribution in [0.4, 0.5) is 0 Å². The number of benzene rings is 1. The molecule has 0 heterocycles. The zero-order valence-electron chi connectivity index (χ0n) is 12.5. The molecule has 1 aliphatic carbocycles. The fourth-order valence-corrected chi connectivity index (χ4v) is 3.16. The summed E-state index contributed by atoms with van der Waals surface area (Å²) in [4.78, 5) is 0. The molecule has 1 unspecified atom stereocenters. The fraction of sp³-hybridized carbons (Fsp3) is 0.667. The summed E-state index contributed by atoms with van der Waals surface area (Å²) in [7, 11) is 0. The minimum Gasteiger partial charge on any atom is -0.494 e. The van der Waals surface area contributed by atoms with E-state index >= 15 is 0 Å². The Hall–Kier alpha value is -0.980. The highest BCUT2D eigenvalue weighted by Gasteiger charge is 2.20. The largest absolute Gasteiger partial charge is 0.494 e. The molecule has 1 aromatic rings. The Labute approximate surface area is 118 Å². The molecular formula is C18H28O. The first-order valence-electron chi connectivity index (χ1n) is 7.95. The van der Waals surface area contributed by atoms with E-state index in [1.54, 1.807) is 0 Å². The zero-order valence-corrected chi connectivity index (χ0v) is 12.5. The molecule has 0 aromatic heterocycles. The summed E-state index contributed by atoms with van der Waals surface area (Å²) < 4.78 is 5.77. The van der Waals surface area contributed by atoms with Crippen LogP contribution < -0.4 is 4.74 Å². The Morgan fingerprint density at radius 1 is 1.11 bits per heavy atom. The molecule has 1 nitrogen and oxygen atoms in total. The summed E-state index contributed by atoms with van der Waals surface area (Å²) in [6, 6.07) is 8.35. The van der Waals surface area contributed by atoms with Crippen LogP contribution in [0.2, 0.25) is 0 Å². The van der Waals surface area contributed by atoms with Gasteiger partial charge in [-0.2, -0.15) is 0 Å².